The van der Waals surface area contributed by atoms with Crippen LogP contribution in [0.1, 0.15) is 12.8 Å². The zero-order valence-corrected chi connectivity index (χ0v) is 11.0. The van der Waals surface area contributed by atoms with E-state index in [1.165, 1.54) is 0 Å². The van der Waals surface area contributed by atoms with E-state index in [2.05, 4.69) is 27.3 Å². The summed E-state index contributed by atoms with van der Waals surface area (Å²) >= 11 is 3.34. The van der Waals surface area contributed by atoms with Crippen LogP contribution in [0.4, 0.5) is 0 Å². The number of benzene rings is 1. The van der Waals surface area contributed by atoms with Crippen molar-refractivity contribution in [2.75, 3.05) is 13.1 Å². The van der Waals surface area contributed by atoms with Crippen molar-refractivity contribution in [2.45, 2.75) is 12.8 Å². The van der Waals surface area contributed by atoms with E-state index in [4.69, 9.17) is 4.74 Å². The molecule has 17 heavy (non-hydrogen) atoms. The first-order valence-electron chi connectivity index (χ1n) is 5.59. The van der Waals surface area contributed by atoms with Crippen molar-refractivity contribution in [2.24, 2.45) is 0 Å². The van der Waals surface area contributed by atoms with Crippen molar-refractivity contribution in [1.29, 1.82) is 0 Å². The fourth-order valence-corrected chi connectivity index (χ4v) is 2.10. The highest BCUT2D eigenvalue weighted by molar-refractivity contribution is 9.10. The van der Waals surface area contributed by atoms with Gasteiger partial charge in [-0.3, -0.25) is 4.79 Å². The lowest BCUT2D eigenvalue weighted by molar-refractivity contribution is -0.133. The van der Waals surface area contributed by atoms with E-state index in [-0.39, 0.29) is 5.97 Å². The Kier molecular flexibility index (Phi) is 4.34. The van der Waals surface area contributed by atoms with Gasteiger partial charge in [0.1, 0.15) is 5.75 Å². The van der Waals surface area contributed by atoms with Crippen LogP contribution in [0.3, 0.4) is 0 Å². The van der Waals surface area contributed by atoms with Crippen LogP contribution in [0.15, 0.2) is 40.4 Å². The molecule has 1 aliphatic heterocycles. The van der Waals surface area contributed by atoms with E-state index in [1.54, 1.807) is 12.1 Å². The van der Waals surface area contributed by atoms with Crippen LogP contribution in [0.2, 0.25) is 0 Å². The summed E-state index contributed by atoms with van der Waals surface area (Å²) < 4.78 is 6.16. The van der Waals surface area contributed by atoms with Crippen LogP contribution in [0.5, 0.6) is 5.75 Å². The highest BCUT2D eigenvalue weighted by Gasteiger charge is 2.10. The SMILES string of the molecule is O=C(CC1=CCCNC1)Oc1cccc(Br)c1. The first-order valence-corrected chi connectivity index (χ1v) is 6.38. The predicted molar refractivity (Wildman–Crippen MR) is 70.0 cm³/mol. The molecule has 0 aromatic heterocycles. The van der Waals surface area contributed by atoms with Crippen LogP contribution >= 0.6 is 15.9 Å². The van der Waals surface area contributed by atoms with Gasteiger partial charge in [0.15, 0.2) is 0 Å². The molecule has 0 atom stereocenters. The summed E-state index contributed by atoms with van der Waals surface area (Å²) in [6.45, 7) is 1.78. The van der Waals surface area contributed by atoms with Gasteiger partial charge in [-0.05, 0) is 36.7 Å². The summed E-state index contributed by atoms with van der Waals surface area (Å²) in [6, 6.07) is 7.29. The molecule has 4 heteroatoms. The second-order valence-electron chi connectivity index (χ2n) is 3.94. The highest BCUT2D eigenvalue weighted by atomic mass is 79.9. The first-order chi connectivity index (χ1) is 8.24. The monoisotopic (exact) mass is 295 g/mol. The lowest BCUT2D eigenvalue weighted by atomic mass is 10.1. The number of carbonyl (C=O) groups is 1. The van der Waals surface area contributed by atoms with E-state index in [0.29, 0.717) is 12.2 Å². The standard InChI is InChI=1S/C13H14BrNO2/c14-11-4-1-5-12(8-11)17-13(16)7-10-3-2-6-15-9-10/h1,3-5,8,15H,2,6-7,9H2. The summed E-state index contributed by atoms with van der Waals surface area (Å²) in [4.78, 5) is 11.7. The van der Waals surface area contributed by atoms with E-state index in [1.807, 2.05) is 12.1 Å². The van der Waals surface area contributed by atoms with Crippen molar-refractivity contribution in [3.05, 3.63) is 40.4 Å². The van der Waals surface area contributed by atoms with Gasteiger partial charge < -0.3 is 10.1 Å². The molecule has 0 aliphatic carbocycles. The Balaban J connectivity index is 1.91. The van der Waals surface area contributed by atoms with Crippen LogP contribution in [-0.4, -0.2) is 19.1 Å². The van der Waals surface area contributed by atoms with Gasteiger partial charge in [0.25, 0.3) is 0 Å². The molecule has 1 aliphatic rings. The molecule has 0 unspecified atom stereocenters. The maximum Gasteiger partial charge on any atom is 0.315 e. The molecule has 0 bridgehead atoms. The van der Waals surface area contributed by atoms with E-state index < -0.39 is 0 Å². The first kappa shape index (κ1) is 12.3. The van der Waals surface area contributed by atoms with E-state index in [0.717, 1.165) is 29.6 Å². The van der Waals surface area contributed by atoms with Crippen molar-refractivity contribution in [1.82, 2.24) is 5.32 Å². The Morgan fingerprint density at radius 2 is 2.35 bits per heavy atom. The number of hydrogen-bond donors (Lipinski definition) is 1. The molecular weight excluding hydrogens is 282 g/mol. The van der Waals surface area contributed by atoms with Gasteiger partial charge >= 0.3 is 5.97 Å². The minimum absolute atomic E-state index is 0.210. The van der Waals surface area contributed by atoms with E-state index in [9.17, 15) is 4.79 Å². The van der Waals surface area contributed by atoms with Crippen molar-refractivity contribution in [3.63, 3.8) is 0 Å². The molecule has 3 nitrogen and oxygen atoms in total. The Morgan fingerprint density at radius 3 is 3.06 bits per heavy atom. The van der Waals surface area contributed by atoms with Gasteiger partial charge in [0.2, 0.25) is 0 Å². The van der Waals surface area contributed by atoms with Gasteiger partial charge in [-0.15, -0.1) is 0 Å². The molecule has 0 fully saturated rings. The minimum Gasteiger partial charge on any atom is -0.426 e. The topological polar surface area (TPSA) is 38.3 Å². The quantitative estimate of drug-likeness (QED) is 0.529. The average molecular weight is 296 g/mol. The second-order valence-corrected chi connectivity index (χ2v) is 4.85. The zero-order valence-electron chi connectivity index (χ0n) is 9.41. The van der Waals surface area contributed by atoms with Gasteiger partial charge in [-0.25, -0.2) is 0 Å². The largest absolute Gasteiger partial charge is 0.426 e. The normalized spacial score (nSPS) is 15.2. The lowest BCUT2D eigenvalue weighted by Gasteiger charge is -2.13. The molecule has 0 saturated heterocycles. The van der Waals surface area contributed by atoms with Crippen molar-refractivity contribution < 1.29 is 9.53 Å². The van der Waals surface area contributed by atoms with Gasteiger partial charge in [0, 0.05) is 11.0 Å². The molecule has 1 heterocycles. The molecule has 0 amide bonds. The molecule has 1 aromatic rings. The maximum absolute atomic E-state index is 11.7. The fourth-order valence-electron chi connectivity index (χ4n) is 1.72. The smallest absolute Gasteiger partial charge is 0.315 e. The number of halogens is 1. The number of rotatable bonds is 3. The highest BCUT2D eigenvalue weighted by Crippen LogP contribution is 2.18. The van der Waals surface area contributed by atoms with Crippen molar-refractivity contribution in [3.8, 4) is 5.75 Å². The number of carbonyl (C=O) groups excluding carboxylic acids is 1. The number of nitrogens with one attached hydrogen (secondary N) is 1. The lowest BCUT2D eigenvalue weighted by Crippen LogP contribution is -2.24. The third-order valence-electron chi connectivity index (χ3n) is 2.51. The van der Waals surface area contributed by atoms with Crippen LogP contribution in [0, 0.1) is 0 Å². The van der Waals surface area contributed by atoms with Crippen LogP contribution < -0.4 is 10.1 Å². The van der Waals surface area contributed by atoms with Gasteiger partial charge in [-0.2, -0.15) is 0 Å². The molecular formula is C13H14BrNO2. The van der Waals surface area contributed by atoms with Crippen molar-refractivity contribution >= 4 is 21.9 Å². The Morgan fingerprint density at radius 1 is 1.47 bits per heavy atom. The summed E-state index contributed by atoms with van der Waals surface area (Å²) in [5.41, 5.74) is 1.11. The number of hydrogen-bond acceptors (Lipinski definition) is 3. The summed E-state index contributed by atoms with van der Waals surface area (Å²) in [5, 5.41) is 3.23. The summed E-state index contributed by atoms with van der Waals surface area (Å²) in [6.07, 6.45) is 3.46. The Hall–Kier alpha value is -1.13. The second kappa shape index (κ2) is 5.98. The van der Waals surface area contributed by atoms with Crippen LogP contribution in [0.25, 0.3) is 0 Å². The average Bonchev–Trinajstić information content (AvgIpc) is 2.30. The van der Waals surface area contributed by atoms with Gasteiger partial charge in [0.05, 0.1) is 6.42 Å². The van der Waals surface area contributed by atoms with E-state index >= 15 is 0 Å². The molecule has 1 N–H and O–H groups in total. The molecule has 0 radical (unpaired) electrons. The third kappa shape index (κ3) is 3.98. The molecule has 1 aromatic carbocycles. The third-order valence-corrected chi connectivity index (χ3v) is 3.00. The molecule has 0 saturated carbocycles. The summed E-state index contributed by atoms with van der Waals surface area (Å²) in [7, 11) is 0. The molecule has 90 valence electrons. The Bertz CT molecular complexity index is 443. The fraction of sp³-hybridized carbons (Fsp3) is 0.308. The Labute approximate surface area is 109 Å². The van der Waals surface area contributed by atoms with Gasteiger partial charge in [-0.1, -0.05) is 28.1 Å². The molecule has 2 rings (SSSR count). The zero-order chi connectivity index (χ0) is 12.1. The number of ether oxygens (including phenoxy) is 1. The molecule has 0 spiro atoms. The minimum atomic E-state index is -0.210. The maximum atomic E-state index is 11.7. The van der Waals surface area contributed by atoms with Crippen LogP contribution in [-0.2, 0) is 4.79 Å². The summed E-state index contributed by atoms with van der Waals surface area (Å²) in [5.74, 6) is 0.367. The number of esters is 1. The predicted octanol–water partition coefficient (Wildman–Crippen LogP) is 2.66.